The largest absolute Gasteiger partial charge is 0.444 e. The lowest BCUT2D eigenvalue weighted by Crippen LogP contribution is -2.57. The molecule has 5 rings (SSSR count). The summed E-state index contributed by atoms with van der Waals surface area (Å²) in [5.41, 5.74) is 3.37. The third-order valence-corrected chi connectivity index (χ3v) is 6.89. The van der Waals surface area contributed by atoms with E-state index in [1.165, 1.54) is 5.57 Å². The summed E-state index contributed by atoms with van der Waals surface area (Å²) in [6.07, 6.45) is 7.46. The molecule has 0 aromatic carbocycles. The average Bonchev–Trinajstić information content (AvgIpc) is 3.28. The van der Waals surface area contributed by atoms with Crippen LogP contribution in [0.2, 0.25) is 0 Å². The van der Waals surface area contributed by atoms with Gasteiger partial charge in [0, 0.05) is 37.3 Å². The molecular weight excluding hydrogens is 408 g/mol. The van der Waals surface area contributed by atoms with Gasteiger partial charge in [-0.05, 0) is 45.6 Å². The molecule has 1 saturated heterocycles. The number of amides is 1. The molecule has 32 heavy (non-hydrogen) atoms. The number of Topliss-reactive ketones (excluding diaryl/α,β-unsaturated/α-hetero) is 1. The van der Waals surface area contributed by atoms with Gasteiger partial charge >= 0.3 is 6.09 Å². The zero-order chi connectivity index (χ0) is 22.7. The number of carbonyl (C=O) groups excluding carboxylic acids is 2. The summed E-state index contributed by atoms with van der Waals surface area (Å²) in [7, 11) is 1.97. The lowest BCUT2D eigenvalue weighted by molar-refractivity contribution is 0.0168. The fourth-order valence-corrected chi connectivity index (χ4v) is 5.16. The lowest BCUT2D eigenvalue weighted by atomic mass is 9.82. The minimum absolute atomic E-state index is 0.125. The molecule has 170 valence electrons. The number of ether oxygens (including phenoxy) is 2. The molecule has 1 spiro atoms. The first-order valence-electron chi connectivity index (χ1n) is 11.2. The summed E-state index contributed by atoms with van der Waals surface area (Å²) in [5, 5.41) is 0.902. The van der Waals surface area contributed by atoms with Crippen molar-refractivity contribution in [1.82, 2.24) is 14.9 Å². The van der Waals surface area contributed by atoms with Crippen molar-refractivity contribution < 1.29 is 19.1 Å². The SMILES string of the molecule is CN1c2cnc3[nH]cc(C4=CCOCC4)c3c2C(=O)C12CCN(C(=O)OC(C)(C)C)CC2. The summed E-state index contributed by atoms with van der Waals surface area (Å²) in [4.78, 5) is 38.2. The number of ketones is 1. The van der Waals surface area contributed by atoms with Crippen molar-refractivity contribution in [2.24, 2.45) is 0 Å². The zero-order valence-electron chi connectivity index (χ0n) is 19.2. The van der Waals surface area contributed by atoms with Crippen LogP contribution in [0.4, 0.5) is 10.5 Å². The molecular formula is C24H30N4O4. The number of pyridine rings is 1. The van der Waals surface area contributed by atoms with Crippen LogP contribution in [0.25, 0.3) is 16.6 Å². The highest BCUT2D eigenvalue weighted by molar-refractivity contribution is 6.22. The Labute approximate surface area is 187 Å². The molecule has 3 aliphatic heterocycles. The van der Waals surface area contributed by atoms with Gasteiger partial charge in [-0.1, -0.05) is 6.08 Å². The first kappa shape index (κ1) is 21.0. The molecule has 8 heteroatoms. The van der Waals surface area contributed by atoms with Crippen molar-refractivity contribution in [1.29, 1.82) is 0 Å². The summed E-state index contributed by atoms with van der Waals surface area (Å²) >= 11 is 0. The van der Waals surface area contributed by atoms with Gasteiger partial charge < -0.3 is 24.3 Å². The number of nitrogens with zero attached hydrogens (tertiary/aromatic N) is 3. The van der Waals surface area contributed by atoms with Crippen LogP contribution in [0.3, 0.4) is 0 Å². The highest BCUT2D eigenvalue weighted by Crippen LogP contribution is 2.47. The third-order valence-electron chi connectivity index (χ3n) is 6.89. The Balaban J connectivity index is 1.48. The van der Waals surface area contributed by atoms with E-state index in [9.17, 15) is 9.59 Å². The number of likely N-dealkylation sites (tertiary alicyclic amines) is 1. The summed E-state index contributed by atoms with van der Waals surface area (Å²) in [6.45, 7) is 7.82. The molecule has 1 amide bonds. The molecule has 0 aliphatic carbocycles. The number of likely N-dealkylation sites (N-methyl/N-ethyl adjacent to an activating group) is 1. The van der Waals surface area contributed by atoms with Crippen LogP contribution >= 0.6 is 0 Å². The van der Waals surface area contributed by atoms with Crippen LogP contribution in [0.1, 0.15) is 56.0 Å². The Morgan fingerprint density at radius 1 is 1.28 bits per heavy atom. The monoisotopic (exact) mass is 438 g/mol. The minimum Gasteiger partial charge on any atom is -0.444 e. The maximum atomic E-state index is 14.0. The number of aromatic amines is 1. The molecule has 8 nitrogen and oxygen atoms in total. The molecule has 5 heterocycles. The second-order valence-electron chi connectivity index (χ2n) is 9.89. The molecule has 2 aromatic heterocycles. The van der Waals surface area contributed by atoms with E-state index in [1.807, 2.05) is 34.0 Å². The number of piperidine rings is 1. The van der Waals surface area contributed by atoms with Crippen molar-refractivity contribution in [3.8, 4) is 0 Å². The van der Waals surface area contributed by atoms with Crippen LogP contribution in [-0.4, -0.2) is 71.2 Å². The van der Waals surface area contributed by atoms with E-state index in [2.05, 4.69) is 20.9 Å². The van der Waals surface area contributed by atoms with Crippen LogP contribution in [0.5, 0.6) is 0 Å². The second-order valence-corrected chi connectivity index (χ2v) is 9.89. The van der Waals surface area contributed by atoms with Gasteiger partial charge in [0.25, 0.3) is 0 Å². The summed E-state index contributed by atoms with van der Waals surface area (Å²) in [6, 6.07) is 0. The predicted molar refractivity (Wildman–Crippen MR) is 122 cm³/mol. The highest BCUT2D eigenvalue weighted by atomic mass is 16.6. The maximum absolute atomic E-state index is 14.0. The number of nitrogens with one attached hydrogen (secondary N) is 1. The van der Waals surface area contributed by atoms with Crippen molar-refractivity contribution >= 4 is 34.2 Å². The van der Waals surface area contributed by atoms with E-state index >= 15 is 0 Å². The number of hydrogen-bond acceptors (Lipinski definition) is 6. The molecule has 0 saturated carbocycles. The Morgan fingerprint density at radius 3 is 2.69 bits per heavy atom. The van der Waals surface area contributed by atoms with Crippen LogP contribution in [0, 0.1) is 0 Å². The zero-order valence-corrected chi connectivity index (χ0v) is 19.2. The first-order chi connectivity index (χ1) is 15.2. The van der Waals surface area contributed by atoms with E-state index in [0.29, 0.717) is 39.1 Å². The van der Waals surface area contributed by atoms with E-state index in [1.54, 1.807) is 11.1 Å². The topological polar surface area (TPSA) is 87.8 Å². The van der Waals surface area contributed by atoms with E-state index in [0.717, 1.165) is 34.3 Å². The highest BCUT2D eigenvalue weighted by Gasteiger charge is 2.52. The van der Waals surface area contributed by atoms with Gasteiger partial charge in [0.15, 0.2) is 5.78 Å². The first-order valence-corrected chi connectivity index (χ1v) is 11.2. The van der Waals surface area contributed by atoms with Crippen molar-refractivity contribution in [3.63, 3.8) is 0 Å². The number of fused-ring (bicyclic) bond motifs is 3. The third kappa shape index (κ3) is 3.20. The van der Waals surface area contributed by atoms with Crippen LogP contribution < -0.4 is 4.90 Å². The van der Waals surface area contributed by atoms with Crippen molar-refractivity contribution in [3.05, 3.63) is 29.6 Å². The van der Waals surface area contributed by atoms with Crippen LogP contribution in [-0.2, 0) is 9.47 Å². The number of anilines is 1. The molecule has 0 radical (unpaired) electrons. The maximum Gasteiger partial charge on any atom is 0.410 e. The second kappa shape index (κ2) is 7.33. The lowest BCUT2D eigenvalue weighted by Gasteiger charge is -2.43. The van der Waals surface area contributed by atoms with Gasteiger partial charge in [0.05, 0.1) is 30.7 Å². The Morgan fingerprint density at radius 2 is 2.03 bits per heavy atom. The van der Waals surface area contributed by atoms with E-state index < -0.39 is 11.1 Å². The quantitative estimate of drug-likeness (QED) is 0.729. The smallest absolute Gasteiger partial charge is 0.410 e. The molecule has 1 fully saturated rings. The minimum atomic E-state index is -0.657. The summed E-state index contributed by atoms with van der Waals surface area (Å²) < 4.78 is 11.0. The van der Waals surface area contributed by atoms with Gasteiger partial charge in [-0.25, -0.2) is 9.78 Å². The van der Waals surface area contributed by atoms with Crippen molar-refractivity contribution in [2.45, 2.75) is 51.2 Å². The molecule has 3 aliphatic rings. The number of aromatic nitrogens is 2. The fraction of sp³-hybridized carbons (Fsp3) is 0.542. The van der Waals surface area contributed by atoms with E-state index in [4.69, 9.17) is 9.47 Å². The van der Waals surface area contributed by atoms with Gasteiger partial charge in [-0.3, -0.25) is 4.79 Å². The molecule has 0 unspecified atom stereocenters. The van der Waals surface area contributed by atoms with E-state index in [-0.39, 0.29) is 11.9 Å². The van der Waals surface area contributed by atoms with Gasteiger partial charge in [0.2, 0.25) is 0 Å². The Hall–Kier alpha value is -2.87. The summed E-state index contributed by atoms with van der Waals surface area (Å²) in [5.74, 6) is 0.125. The predicted octanol–water partition coefficient (Wildman–Crippen LogP) is 3.77. The number of H-pyrrole nitrogens is 1. The molecule has 2 aromatic rings. The fourth-order valence-electron chi connectivity index (χ4n) is 5.16. The normalized spacial score (nSPS) is 20.6. The average molecular weight is 439 g/mol. The van der Waals surface area contributed by atoms with Crippen molar-refractivity contribution in [2.75, 3.05) is 38.3 Å². The number of carbonyl (C=O) groups is 2. The van der Waals surface area contributed by atoms with Crippen LogP contribution in [0.15, 0.2) is 18.5 Å². The van der Waals surface area contributed by atoms with Gasteiger partial charge in [-0.15, -0.1) is 0 Å². The number of hydrogen-bond donors (Lipinski definition) is 1. The van der Waals surface area contributed by atoms with Gasteiger partial charge in [0.1, 0.15) is 16.8 Å². The molecule has 0 bridgehead atoms. The standard InChI is InChI=1S/C24H30N4O4/c1-23(2,3)32-22(30)28-9-7-24(8-10-28)20(29)19-17(27(24)4)14-26-21-18(19)16(13-25-21)15-5-11-31-12-6-15/h5,13-14H,6-12H2,1-4H3,(H,25,26). The number of rotatable bonds is 1. The Bertz CT molecular complexity index is 1120. The molecule has 1 N–H and O–H groups in total. The molecule has 0 atom stereocenters. The van der Waals surface area contributed by atoms with Gasteiger partial charge in [-0.2, -0.15) is 0 Å². The Kier molecular flexibility index (Phi) is 4.81.